The van der Waals surface area contributed by atoms with Gasteiger partial charge in [0.2, 0.25) is 5.88 Å². The maximum absolute atomic E-state index is 5.95. The van der Waals surface area contributed by atoms with Gasteiger partial charge in [0, 0.05) is 17.5 Å². The second-order valence-electron chi connectivity index (χ2n) is 5.89. The van der Waals surface area contributed by atoms with E-state index < -0.39 is 0 Å². The van der Waals surface area contributed by atoms with Gasteiger partial charge in [0.05, 0.1) is 7.11 Å². The van der Waals surface area contributed by atoms with Crippen LogP contribution in [0.3, 0.4) is 0 Å². The first-order valence-corrected chi connectivity index (χ1v) is 9.53. The molecule has 0 aliphatic carbocycles. The number of benzene rings is 2. The Morgan fingerprint density at radius 2 is 1.77 bits per heavy atom. The Morgan fingerprint density at radius 1 is 0.962 bits per heavy atom. The van der Waals surface area contributed by atoms with E-state index in [1.165, 1.54) is 5.56 Å². The molecule has 0 radical (unpaired) electrons. The summed E-state index contributed by atoms with van der Waals surface area (Å²) in [6.07, 6.45) is 0.833. The van der Waals surface area contributed by atoms with E-state index in [0.717, 1.165) is 40.1 Å². The minimum absolute atomic E-state index is 0.579. The number of aryl methyl sites for hydroxylation is 2. The van der Waals surface area contributed by atoms with Gasteiger partial charge in [-0.2, -0.15) is 4.98 Å². The van der Waals surface area contributed by atoms with Crippen molar-refractivity contribution in [3.05, 3.63) is 71.4 Å². The van der Waals surface area contributed by atoms with Crippen molar-refractivity contribution in [3.8, 4) is 17.4 Å². The minimum atomic E-state index is 0.579. The maximum atomic E-state index is 5.95. The molecular weight excluding hydrogens is 344 g/mol. The lowest BCUT2D eigenvalue weighted by atomic mass is 10.2. The van der Waals surface area contributed by atoms with Crippen molar-refractivity contribution in [2.45, 2.75) is 31.2 Å². The first kappa shape index (κ1) is 18.3. The fraction of sp³-hybridized carbons (Fsp3) is 0.238. The lowest BCUT2D eigenvalue weighted by Gasteiger charge is -2.09. The van der Waals surface area contributed by atoms with E-state index in [4.69, 9.17) is 9.47 Å². The van der Waals surface area contributed by atoms with Crippen LogP contribution < -0.4 is 9.47 Å². The first-order valence-electron chi connectivity index (χ1n) is 8.54. The van der Waals surface area contributed by atoms with Gasteiger partial charge >= 0.3 is 0 Å². The molecule has 3 rings (SSSR count). The van der Waals surface area contributed by atoms with Crippen LogP contribution in [0, 0.1) is 6.92 Å². The Bertz CT molecular complexity index is 883. The summed E-state index contributed by atoms with van der Waals surface area (Å²) in [6.45, 7) is 4.12. The number of methoxy groups -OCH3 is 1. The number of thioether (sulfide) groups is 1. The molecule has 1 heterocycles. The summed E-state index contributed by atoms with van der Waals surface area (Å²) in [5.74, 6) is 2.99. The second-order valence-corrected chi connectivity index (χ2v) is 6.83. The lowest BCUT2D eigenvalue weighted by molar-refractivity contribution is 0.414. The van der Waals surface area contributed by atoms with Gasteiger partial charge in [-0.05, 0) is 48.7 Å². The van der Waals surface area contributed by atoms with Crippen LogP contribution in [0.25, 0.3) is 0 Å². The third kappa shape index (κ3) is 4.99. The average Bonchev–Trinajstić information content (AvgIpc) is 2.66. The van der Waals surface area contributed by atoms with E-state index in [2.05, 4.69) is 23.0 Å². The van der Waals surface area contributed by atoms with Crippen molar-refractivity contribution in [2.24, 2.45) is 0 Å². The summed E-state index contributed by atoms with van der Waals surface area (Å²) in [5.41, 5.74) is 3.29. The van der Waals surface area contributed by atoms with Gasteiger partial charge in [0.25, 0.3) is 0 Å². The number of ether oxygens (including phenoxy) is 2. The summed E-state index contributed by atoms with van der Waals surface area (Å²) in [7, 11) is 1.68. The third-order valence-corrected chi connectivity index (χ3v) is 4.73. The molecule has 0 amide bonds. The normalized spacial score (nSPS) is 10.6. The number of hydrogen-bond acceptors (Lipinski definition) is 5. The molecule has 0 bridgehead atoms. The predicted octanol–water partition coefficient (Wildman–Crippen LogP) is 5.44. The van der Waals surface area contributed by atoms with Crippen LogP contribution in [0.5, 0.6) is 17.4 Å². The van der Waals surface area contributed by atoms with Crippen LogP contribution >= 0.6 is 11.8 Å². The second kappa shape index (κ2) is 8.72. The number of aromatic nitrogens is 2. The summed E-state index contributed by atoms with van der Waals surface area (Å²) < 4.78 is 11.2. The van der Waals surface area contributed by atoms with Crippen LogP contribution in [0.15, 0.2) is 59.8 Å². The molecule has 0 atom stereocenters. The molecule has 4 nitrogen and oxygen atoms in total. The summed E-state index contributed by atoms with van der Waals surface area (Å²) in [6, 6.07) is 17.9. The average molecular weight is 366 g/mol. The van der Waals surface area contributed by atoms with Gasteiger partial charge in [-0.3, -0.25) is 0 Å². The zero-order valence-electron chi connectivity index (χ0n) is 15.2. The molecule has 1 aromatic heterocycles. The zero-order chi connectivity index (χ0) is 18.4. The molecule has 2 aromatic carbocycles. The summed E-state index contributed by atoms with van der Waals surface area (Å²) in [4.78, 5) is 9.17. The van der Waals surface area contributed by atoms with Crippen LogP contribution in [-0.4, -0.2) is 17.1 Å². The lowest BCUT2D eigenvalue weighted by Crippen LogP contribution is -1.97. The molecule has 26 heavy (non-hydrogen) atoms. The van der Waals surface area contributed by atoms with E-state index in [1.807, 2.05) is 55.5 Å². The maximum Gasteiger partial charge on any atom is 0.223 e. The Morgan fingerprint density at radius 3 is 2.54 bits per heavy atom. The van der Waals surface area contributed by atoms with Gasteiger partial charge in [0.1, 0.15) is 11.5 Å². The SMILES string of the molecule is CCc1cc(Oc2cccc(C)c2)nc(SCc2cccc(OC)c2)n1. The predicted molar refractivity (Wildman–Crippen MR) is 105 cm³/mol. The highest BCUT2D eigenvalue weighted by molar-refractivity contribution is 7.98. The van der Waals surface area contributed by atoms with E-state index in [1.54, 1.807) is 18.9 Å². The third-order valence-electron chi connectivity index (χ3n) is 3.81. The van der Waals surface area contributed by atoms with E-state index in [9.17, 15) is 0 Å². The molecule has 0 N–H and O–H groups in total. The van der Waals surface area contributed by atoms with Crippen LogP contribution in [0.4, 0.5) is 0 Å². The molecule has 0 spiro atoms. The van der Waals surface area contributed by atoms with Gasteiger partial charge in [-0.1, -0.05) is 43.0 Å². The molecule has 0 aliphatic heterocycles. The fourth-order valence-electron chi connectivity index (χ4n) is 2.46. The molecule has 0 saturated heterocycles. The topological polar surface area (TPSA) is 44.2 Å². The van der Waals surface area contributed by atoms with Gasteiger partial charge in [-0.15, -0.1) is 0 Å². The Hall–Kier alpha value is -2.53. The Kier molecular flexibility index (Phi) is 6.12. The summed E-state index contributed by atoms with van der Waals surface area (Å²) >= 11 is 1.59. The van der Waals surface area contributed by atoms with Gasteiger partial charge in [0.15, 0.2) is 5.16 Å². The van der Waals surface area contributed by atoms with E-state index in [-0.39, 0.29) is 0 Å². The smallest absolute Gasteiger partial charge is 0.223 e. The van der Waals surface area contributed by atoms with Crippen LogP contribution in [0.2, 0.25) is 0 Å². The molecule has 5 heteroatoms. The molecule has 0 fully saturated rings. The minimum Gasteiger partial charge on any atom is -0.497 e. The first-order chi connectivity index (χ1) is 12.7. The Balaban J connectivity index is 1.76. The molecule has 134 valence electrons. The van der Waals surface area contributed by atoms with Crippen molar-refractivity contribution in [3.63, 3.8) is 0 Å². The molecular formula is C21H22N2O2S. The van der Waals surface area contributed by atoms with Crippen molar-refractivity contribution in [2.75, 3.05) is 7.11 Å². The zero-order valence-corrected chi connectivity index (χ0v) is 16.0. The van der Waals surface area contributed by atoms with Gasteiger partial charge < -0.3 is 9.47 Å². The number of hydrogen-bond donors (Lipinski definition) is 0. The molecule has 3 aromatic rings. The monoisotopic (exact) mass is 366 g/mol. The number of nitrogens with zero attached hydrogens (tertiary/aromatic N) is 2. The summed E-state index contributed by atoms with van der Waals surface area (Å²) in [5, 5.41) is 0.717. The van der Waals surface area contributed by atoms with Crippen LogP contribution in [0.1, 0.15) is 23.7 Å². The number of rotatable bonds is 7. The van der Waals surface area contributed by atoms with Crippen molar-refractivity contribution in [1.82, 2.24) is 9.97 Å². The molecule has 0 unspecified atom stereocenters. The highest BCUT2D eigenvalue weighted by Gasteiger charge is 2.08. The molecule has 0 saturated carbocycles. The van der Waals surface area contributed by atoms with Crippen molar-refractivity contribution < 1.29 is 9.47 Å². The highest BCUT2D eigenvalue weighted by Crippen LogP contribution is 2.26. The van der Waals surface area contributed by atoms with Crippen molar-refractivity contribution in [1.29, 1.82) is 0 Å². The highest BCUT2D eigenvalue weighted by atomic mass is 32.2. The largest absolute Gasteiger partial charge is 0.497 e. The quantitative estimate of drug-likeness (QED) is 0.411. The Labute approximate surface area is 158 Å². The van der Waals surface area contributed by atoms with Crippen LogP contribution in [-0.2, 0) is 12.2 Å². The van der Waals surface area contributed by atoms with Gasteiger partial charge in [-0.25, -0.2) is 4.98 Å². The van der Waals surface area contributed by atoms with E-state index in [0.29, 0.717) is 5.88 Å². The standard InChI is InChI=1S/C21H22N2O2S/c1-4-17-13-20(25-19-10-5-7-15(2)11-19)23-21(22-17)26-14-16-8-6-9-18(12-16)24-3/h5-13H,4,14H2,1-3H3. The molecule has 0 aliphatic rings. The fourth-order valence-corrected chi connectivity index (χ4v) is 3.27. The van der Waals surface area contributed by atoms with Crippen molar-refractivity contribution >= 4 is 11.8 Å². The van der Waals surface area contributed by atoms with E-state index >= 15 is 0 Å².